The first-order chi connectivity index (χ1) is 12.4. The van der Waals surface area contributed by atoms with Crippen LogP contribution in [0, 0.1) is 5.92 Å². The van der Waals surface area contributed by atoms with E-state index in [-0.39, 0.29) is 36.7 Å². The number of amides is 2. The smallest absolute Gasteiger partial charge is 0.328 e. The van der Waals surface area contributed by atoms with E-state index in [1.54, 1.807) is 38.1 Å². The van der Waals surface area contributed by atoms with E-state index in [4.69, 9.17) is 4.74 Å². The van der Waals surface area contributed by atoms with Crippen LogP contribution in [0.25, 0.3) is 0 Å². The average molecular weight is 398 g/mol. The minimum Gasteiger partial charge on any atom is -0.464 e. The number of esters is 1. The Morgan fingerprint density at radius 2 is 1.93 bits per heavy atom. The highest BCUT2D eigenvalue weighted by Crippen LogP contribution is 2.19. The zero-order valence-corrected chi connectivity index (χ0v) is 16.7. The van der Waals surface area contributed by atoms with Crippen LogP contribution in [0.2, 0.25) is 0 Å². The highest BCUT2D eigenvalue weighted by atomic mass is 35.5. The lowest BCUT2D eigenvalue weighted by atomic mass is 9.92. The first kappa shape index (κ1) is 22.9. The lowest BCUT2D eigenvalue weighted by Crippen LogP contribution is -2.40. The summed E-state index contributed by atoms with van der Waals surface area (Å²) in [5.41, 5.74) is 1.06. The van der Waals surface area contributed by atoms with Crippen molar-refractivity contribution in [1.82, 2.24) is 10.6 Å². The number of benzene rings is 1. The number of anilines is 1. The van der Waals surface area contributed by atoms with Crippen molar-refractivity contribution >= 4 is 35.9 Å². The molecule has 7 nitrogen and oxygen atoms in total. The van der Waals surface area contributed by atoms with E-state index in [1.807, 2.05) is 0 Å². The van der Waals surface area contributed by atoms with Crippen LogP contribution < -0.4 is 16.0 Å². The van der Waals surface area contributed by atoms with E-state index >= 15 is 0 Å². The molecular formula is C19H28ClN3O4. The molecule has 2 amide bonds. The maximum absolute atomic E-state index is 12.3. The molecule has 3 N–H and O–H groups in total. The van der Waals surface area contributed by atoms with Gasteiger partial charge in [0.05, 0.1) is 6.61 Å². The molecule has 1 saturated heterocycles. The zero-order chi connectivity index (χ0) is 19.1. The van der Waals surface area contributed by atoms with Gasteiger partial charge in [0.25, 0.3) is 5.91 Å². The predicted octanol–water partition coefficient (Wildman–Crippen LogP) is 2.12. The van der Waals surface area contributed by atoms with Crippen molar-refractivity contribution < 1.29 is 19.1 Å². The lowest BCUT2D eigenvalue weighted by Gasteiger charge is -2.27. The third-order valence-corrected chi connectivity index (χ3v) is 4.40. The van der Waals surface area contributed by atoms with Crippen LogP contribution in [-0.4, -0.2) is 43.0 Å². The van der Waals surface area contributed by atoms with E-state index in [0.29, 0.717) is 17.3 Å². The Kier molecular flexibility index (Phi) is 9.25. The second-order valence-corrected chi connectivity index (χ2v) is 6.59. The molecule has 3 atom stereocenters. The second kappa shape index (κ2) is 10.9. The Morgan fingerprint density at radius 1 is 1.26 bits per heavy atom. The molecule has 0 aromatic heterocycles. The number of nitrogens with one attached hydrogen (secondary N) is 3. The van der Waals surface area contributed by atoms with Gasteiger partial charge in [0.2, 0.25) is 5.91 Å². The van der Waals surface area contributed by atoms with E-state index in [1.165, 1.54) is 0 Å². The van der Waals surface area contributed by atoms with Crippen LogP contribution in [0.3, 0.4) is 0 Å². The van der Waals surface area contributed by atoms with Crippen LogP contribution in [0.15, 0.2) is 24.3 Å². The molecule has 1 aliphatic rings. The van der Waals surface area contributed by atoms with Crippen molar-refractivity contribution in [2.45, 2.75) is 45.7 Å². The molecule has 8 heteroatoms. The summed E-state index contributed by atoms with van der Waals surface area (Å²) in [6.07, 6.45) is 1.64. The first-order valence-corrected chi connectivity index (χ1v) is 9.02. The van der Waals surface area contributed by atoms with Gasteiger partial charge in [-0.05, 0) is 64.4 Å². The van der Waals surface area contributed by atoms with Crippen molar-refractivity contribution in [3.8, 4) is 0 Å². The van der Waals surface area contributed by atoms with Crippen molar-refractivity contribution in [3.63, 3.8) is 0 Å². The molecule has 1 heterocycles. The van der Waals surface area contributed by atoms with Gasteiger partial charge in [-0.15, -0.1) is 12.4 Å². The van der Waals surface area contributed by atoms with E-state index in [9.17, 15) is 14.4 Å². The van der Waals surface area contributed by atoms with Gasteiger partial charge in [-0.1, -0.05) is 0 Å². The van der Waals surface area contributed by atoms with Crippen LogP contribution in [0.4, 0.5) is 5.69 Å². The van der Waals surface area contributed by atoms with E-state index in [2.05, 4.69) is 22.9 Å². The Hall–Kier alpha value is -2.12. The largest absolute Gasteiger partial charge is 0.464 e. The molecule has 0 radical (unpaired) electrons. The van der Waals surface area contributed by atoms with Gasteiger partial charge in [0.15, 0.2) is 0 Å². The Balaban J connectivity index is 0.00000364. The van der Waals surface area contributed by atoms with E-state index in [0.717, 1.165) is 19.4 Å². The van der Waals surface area contributed by atoms with Gasteiger partial charge in [0.1, 0.15) is 6.04 Å². The van der Waals surface area contributed by atoms with Crippen LogP contribution in [0.1, 0.15) is 44.0 Å². The SMILES string of the molecule is CCOC(=O)C(C)NC(=O)c1ccc(NC(=O)[C@H]2CCN[C@@H](C)C2)cc1.Cl. The van der Waals surface area contributed by atoms with Gasteiger partial charge in [-0.2, -0.15) is 0 Å². The molecule has 2 rings (SSSR count). The van der Waals surface area contributed by atoms with E-state index < -0.39 is 12.0 Å². The second-order valence-electron chi connectivity index (χ2n) is 6.59. The van der Waals surface area contributed by atoms with Crippen molar-refractivity contribution in [2.24, 2.45) is 5.92 Å². The standard InChI is InChI=1S/C19H27N3O4.ClH/c1-4-26-19(25)13(3)21-17(23)14-5-7-16(8-6-14)22-18(24)15-9-10-20-12(2)11-15;/h5-8,12-13,15,20H,4,9-11H2,1-3H3,(H,21,23)(H,22,24);1H/t12-,13?,15-;/m0./s1. The highest BCUT2D eigenvalue weighted by molar-refractivity contribution is 5.98. The third kappa shape index (κ3) is 6.84. The van der Waals surface area contributed by atoms with Gasteiger partial charge in [0, 0.05) is 23.2 Å². The normalized spacial score (nSPS) is 20.0. The summed E-state index contributed by atoms with van der Waals surface area (Å²) in [6.45, 7) is 6.47. The monoisotopic (exact) mass is 397 g/mol. The Bertz CT molecular complexity index is 651. The van der Waals surface area contributed by atoms with Crippen LogP contribution >= 0.6 is 12.4 Å². The average Bonchev–Trinajstić information content (AvgIpc) is 2.62. The van der Waals surface area contributed by atoms with Crippen molar-refractivity contribution in [1.29, 1.82) is 0 Å². The number of carbonyl (C=O) groups excluding carboxylic acids is 3. The molecule has 1 aliphatic heterocycles. The van der Waals surface area contributed by atoms with Gasteiger partial charge in [-0.3, -0.25) is 9.59 Å². The van der Waals surface area contributed by atoms with Crippen molar-refractivity contribution in [2.75, 3.05) is 18.5 Å². The fourth-order valence-electron chi connectivity index (χ4n) is 2.93. The van der Waals surface area contributed by atoms with Gasteiger partial charge >= 0.3 is 5.97 Å². The summed E-state index contributed by atoms with van der Waals surface area (Å²) in [6, 6.07) is 6.23. The fourth-order valence-corrected chi connectivity index (χ4v) is 2.93. The summed E-state index contributed by atoms with van der Waals surface area (Å²) in [4.78, 5) is 36.1. The number of hydrogen-bond acceptors (Lipinski definition) is 5. The Labute approximate surface area is 166 Å². The minimum absolute atomic E-state index is 0. The molecular weight excluding hydrogens is 370 g/mol. The summed E-state index contributed by atoms with van der Waals surface area (Å²) in [5.74, 6) is -0.831. The molecule has 1 unspecified atom stereocenters. The molecule has 150 valence electrons. The van der Waals surface area contributed by atoms with Gasteiger partial charge < -0.3 is 20.7 Å². The maximum atomic E-state index is 12.3. The molecule has 0 spiro atoms. The summed E-state index contributed by atoms with van der Waals surface area (Å²) < 4.78 is 4.86. The molecule has 1 fully saturated rings. The number of carbonyl (C=O) groups is 3. The molecule has 0 aliphatic carbocycles. The van der Waals surface area contributed by atoms with Crippen LogP contribution in [-0.2, 0) is 14.3 Å². The van der Waals surface area contributed by atoms with Gasteiger partial charge in [-0.25, -0.2) is 4.79 Å². The number of hydrogen-bond donors (Lipinski definition) is 3. The Morgan fingerprint density at radius 3 is 2.52 bits per heavy atom. The predicted molar refractivity (Wildman–Crippen MR) is 106 cm³/mol. The quantitative estimate of drug-likeness (QED) is 0.639. The topological polar surface area (TPSA) is 96.5 Å². The number of halogens is 1. The number of piperidine rings is 1. The summed E-state index contributed by atoms with van der Waals surface area (Å²) >= 11 is 0. The van der Waals surface area contributed by atoms with Crippen LogP contribution in [0.5, 0.6) is 0 Å². The molecule has 1 aromatic carbocycles. The molecule has 27 heavy (non-hydrogen) atoms. The summed E-state index contributed by atoms with van der Waals surface area (Å²) in [5, 5.41) is 8.82. The third-order valence-electron chi connectivity index (χ3n) is 4.40. The number of rotatable bonds is 6. The zero-order valence-electron chi connectivity index (χ0n) is 15.9. The molecule has 0 bridgehead atoms. The minimum atomic E-state index is -0.719. The highest BCUT2D eigenvalue weighted by Gasteiger charge is 2.24. The molecule has 1 aromatic rings. The number of ether oxygens (including phenoxy) is 1. The summed E-state index contributed by atoms with van der Waals surface area (Å²) in [7, 11) is 0. The maximum Gasteiger partial charge on any atom is 0.328 e. The first-order valence-electron chi connectivity index (χ1n) is 9.02. The molecule has 0 saturated carbocycles. The fraction of sp³-hybridized carbons (Fsp3) is 0.526. The van der Waals surface area contributed by atoms with Crippen molar-refractivity contribution in [3.05, 3.63) is 29.8 Å². The lowest BCUT2D eigenvalue weighted by molar-refractivity contribution is -0.144.